The standard InChI is InChI=1S/C20H38N2O4/c1-6-19(7-2,11-12-23)15-26-16-20(8-3,9-4)14-22-17(24)13-21(10-5)18(22)25/h23H,6-16H2,1-5H3. The maximum absolute atomic E-state index is 12.4. The summed E-state index contributed by atoms with van der Waals surface area (Å²) < 4.78 is 6.14. The van der Waals surface area contributed by atoms with Crippen molar-refractivity contribution in [2.24, 2.45) is 10.8 Å². The monoisotopic (exact) mass is 370 g/mol. The number of hydrogen-bond acceptors (Lipinski definition) is 4. The number of carbonyl (C=O) groups excluding carboxylic acids is 2. The lowest BCUT2D eigenvalue weighted by Crippen LogP contribution is -2.44. The van der Waals surface area contributed by atoms with Crippen LogP contribution in [0.15, 0.2) is 0 Å². The number of hydrogen-bond donors (Lipinski definition) is 1. The molecular formula is C20H38N2O4. The Kier molecular flexibility index (Phi) is 9.04. The number of nitrogens with zero attached hydrogens (tertiary/aromatic N) is 2. The number of ether oxygens (including phenoxy) is 1. The van der Waals surface area contributed by atoms with Crippen molar-refractivity contribution < 1.29 is 19.4 Å². The summed E-state index contributed by atoms with van der Waals surface area (Å²) in [7, 11) is 0. The van der Waals surface area contributed by atoms with Gasteiger partial charge in [-0.25, -0.2) is 4.79 Å². The second-order valence-electron chi connectivity index (χ2n) is 7.66. The van der Waals surface area contributed by atoms with E-state index in [1.165, 1.54) is 4.90 Å². The van der Waals surface area contributed by atoms with Gasteiger partial charge < -0.3 is 14.7 Å². The molecule has 1 rings (SSSR count). The van der Waals surface area contributed by atoms with E-state index in [1.807, 2.05) is 6.92 Å². The Labute approximate surface area is 158 Å². The van der Waals surface area contributed by atoms with E-state index in [0.717, 1.165) is 32.1 Å². The average Bonchev–Trinajstić information content (AvgIpc) is 2.93. The molecule has 1 N–H and O–H groups in total. The first kappa shape index (κ1) is 22.9. The summed E-state index contributed by atoms with van der Waals surface area (Å²) in [5.41, 5.74) is -0.220. The molecular weight excluding hydrogens is 332 g/mol. The van der Waals surface area contributed by atoms with Crippen LogP contribution in [0.4, 0.5) is 4.79 Å². The maximum Gasteiger partial charge on any atom is 0.327 e. The van der Waals surface area contributed by atoms with Gasteiger partial charge in [0, 0.05) is 25.1 Å². The van der Waals surface area contributed by atoms with Crippen LogP contribution in [0.3, 0.4) is 0 Å². The summed E-state index contributed by atoms with van der Waals surface area (Å²) >= 11 is 0. The first-order valence-corrected chi connectivity index (χ1v) is 10.1. The Hall–Kier alpha value is -1.14. The summed E-state index contributed by atoms with van der Waals surface area (Å²) in [6, 6.07) is -0.180. The van der Waals surface area contributed by atoms with Gasteiger partial charge in [-0.3, -0.25) is 9.69 Å². The van der Waals surface area contributed by atoms with E-state index in [0.29, 0.717) is 26.3 Å². The lowest BCUT2D eigenvalue weighted by atomic mass is 9.79. The number of urea groups is 1. The average molecular weight is 371 g/mol. The van der Waals surface area contributed by atoms with Gasteiger partial charge in [-0.1, -0.05) is 27.7 Å². The lowest BCUT2D eigenvalue weighted by Gasteiger charge is -2.37. The van der Waals surface area contributed by atoms with Crippen LogP contribution in [0, 0.1) is 10.8 Å². The summed E-state index contributed by atoms with van der Waals surface area (Å²) in [6.07, 6.45) is 4.35. The van der Waals surface area contributed by atoms with Gasteiger partial charge in [0.2, 0.25) is 5.91 Å². The molecule has 0 aromatic carbocycles. The predicted octanol–water partition coefficient (Wildman–Crippen LogP) is 3.28. The van der Waals surface area contributed by atoms with Gasteiger partial charge in [-0.2, -0.15) is 0 Å². The van der Waals surface area contributed by atoms with E-state index >= 15 is 0 Å². The first-order chi connectivity index (χ1) is 12.4. The van der Waals surface area contributed by atoms with Crippen molar-refractivity contribution in [3.63, 3.8) is 0 Å². The van der Waals surface area contributed by atoms with Crippen molar-refractivity contribution in [3.8, 4) is 0 Å². The summed E-state index contributed by atoms with van der Waals surface area (Å²) in [6.45, 7) is 12.8. The highest BCUT2D eigenvalue weighted by Crippen LogP contribution is 2.34. The molecule has 6 nitrogen and oxygen atoms in total. The Balaban J connectivity index is 2.78. The first-order valence-electron chi connectivity index (χ1n) is 10.1. The van der Waals surface area contributed by atoms with Crippen molar-refractivity contribution in [1.29, 1.82) is 0 Å². The van der Waals surface area contributed by atoms with Gasteiger partial charge in [0.15, 0.2) is 0 Å². The Morgan fingerprint density at radius 3 is 1.92 bits per heavy atom. The molecule has 0 aromatic heterocycles. The number of aliphatic hydroxyl groups excluding tert-OH is 1. The van der Waals surface area contributed by atoms with Crippen LogP contribution < -0.4 is 0 Å². The van der Waals surface area contributed by atoms with Gasteiger partial charge in [-0.15, -0.1) is 0 Å². The minimum atomic E-state index is -0.221. The Morgan fingerprint density at radius 2 is 1.50 bits per heavy atom. The molecule has 3 amide bonds. The zero-order chi connectivity index (χ0) is 19.8. The maximum atomic E-state index is 12.4. The van der Waals surface area contributed by atoms with Gasteiger partial charge in [-0.05, 0) is 44.4 Å². The minimum absolute atomic E-state index is 0.000264. The predicted molar refractivity (Wildman–Crippen MR) is 103 cm³/mol. The molecule has 0 atom stereocenters. The number of rotatable bonds is 13. The fourth-order valence-corrected chi connectivity index (χ4v) is 3.66. The normalized spacial score (nSPS) is 16.1. The van der Waals surface area contributed by atoms with Gasteiger partial charge in [0.1, 0.15) is 6.54 Å². The molecule has 0 bridgehead atoms. The van der Waals surface area contributed by atoms with Crippen LogP contribution >= 0.6 is 0 Å². The van der Waals surface area contributed by atoms with Gasteiger partial charge >= 0.3 is 6.03 Å². The Bertz CT molecular complexity index is 459. The van der Waals surface area contributed by atoms with E-state index in [9.17, 15) is 14.7 Å². The smallest absolute Gasteiger partial charge is 0.327 e. The summed E-state index contributed by atoms with van der Waals surface area (Å²) in [5, 5.41) is 9.37. The van der Waals surface area contributed by atoms with E-state index < -0.39 is 0 Å². The molecule has 152 valence electrons. The van der Waals surface area contributed by atoms with E-state index in [-0.39, 0.29) is 35.9 Å². The summed E-state index contributed by atoms with van der Waals surface area (Å²) in [4.78, 5) is 27.7. The number of amides is 3. The molecule has 0 aromatic rings. The molecule has 1 aliphatic rings. The third-order valence-corrected chi connectivity index (χ3v) is 6.46. The van der Waals surface area contributed by atoms with Crippen molar-refractivity contribution >= 4 is 11.9 Å². The number of imide groups is 1. The van der Waals surface area contributed by atoms with Crippen LogP contribution in [-0.4, -0.2) is 66.3 Å². The molecule has 26 heavy (non-hydrogen) atoms. The molecule has 1 aliphatic heterocycles. The SMILES string of the molecule is CCN1CC(=O)N(CC(CC)(CC)COCC(CC)(CC)CCO)C1=O. The van der Waals surface area contributed by atoms with Crippen LogP contribution in [0.2, 0.25) is 0 Å². The van der Waals surface area contributed by atoms with Crippen LogP contribution in [0.5, 0.6) is 0 Å². The van der Waals surface area contributed by atoms with Crippen molar-refractivity contribution in [2.75, 3.05) is 39.5 Å². The second kappa shape index (κ2) is 10.3. The molecule has 6 heteroatoms. The molecule has 0 unspecified atom stereocenters. The van der Waals surface area contributed by atoms with Crippen LogP contribution in [0.1, 0.15) is 66.7 Å². The van der Waals surface area contributed by atoms with E-state index in [1.54, 1.807) is 4.90 Å². The molecule has 1 fully saturated rings. The van der Waals surface area contributed by atoms with E-state index in [4.69, 9.17) is 4.74 Å². The zero-order valence-electron chi connectivity index (χ0n) is 17.3. The lowest BCUT2D eigenvalue weighted by molar-refractivity contribution is -0.127. The third kappa shape index (κ3) is 5.19. The fourth-order valence-electron chi connectivity index (χ4n) is 3.66. The zero-order valence-corrected chi connectivity index (χ0v) is 17.3. The van der Waals surface area contributed by atoms with Gasteiger partial charge in [0.25, 0.3) is 0 Å². The van der Waals surface area contributed by atoms with Crippen LogP contribution in [0.25, 0.3) is 0 Å². The Morgan fingerprint density at radius 1 is 0.962 bits per heavy atom. The van der Waals surface area contributed by atoms with Crippen molar-refractivity contribution in [1.82, 2.24) is 9.80 Å². The van der Waals surface area contributed by atoms with Crippen molar-refractivity contribution in [3.05, 3.63) is 0 Å². The van der Waals surface area contributed by atoms with Gasteiger partial charge in [0.05, 0.1) is 13.2 Å². The highest BCUT2D eigenvalue weighted by molar-refractivity contribution is 6.02. The molecule has 1 saturated heterocycles. The van der Waals surface area contributed by atoms with Crippen molar-refractivity contribution in [2.45, 2.75) is 66.7 Å². The molecule has 0 spiro atoms. The highest BCUT2D eigenvalue weighted by Gasteiger charge is 2.41. The topological polar surface area (TPSA) is 70.1 Å². The number of likely N-dealkylation sites (N-methyl/N-ethyl adjacent to an activating group) is 1. The fraction of sp³-hybridized carbons (Fsp3) is 0.900. The highest BCUT2D eigenvalue weighted by atomic mass is 16.5. The minimum Gasteiger partial charge on any atom is -0.396 e. The number of carbonyl (C=O) groups is 2. The molecule has 0 aliphatic carbocycles. The molecule has 1 heterocycles. The number of aliphatic hydroxyl groups is 1. The third-order valence-electron chi connectivity index (χ3n) is 6.46. The quantitative estimate of drug-likeness (QED) is 0.505. The molecule has 0 saturated carbocycles. The second-order valence-corrected chi connectivity index (χ2v) is 7.66. The summed E-state index contributed by atoms with van der Waals surface area (Å²) in [5.74, 6) is -0.111. The largest absolute Gasteiger partial charge is 0.396 e. The molecule has 0 radical (unpaired) electrons. The van der Waals surface area contributed by atoms with E-state index in [2.05, 4.69) is 27.7 Å². The van der Waals surface area contributed by atoms with Crippen LogP contribution in [-0.2, 0) is 9.53 Å².